The van der Waals surface area contributed by atoms with Crippen LogP contribution in [0.25, 0.3) is 17.2 Å². The molecule has 37 heavy (non-hydrogen) atoms. The highest BCUT2D eigenvalue weighted by molar-refractivity contribution is 5.76. The standard InChI is InChI=1S/C30H33N3O4/c1-3-36-30(35)33-23-11-12-25-21(14-23)15-27-28(18(2)37-29(27)34)26(25)13-10-22-9-8-20(17-32-22)24-7-5-4-6-19(24)16-31/h4-10,13,17-18,21,23,25-28H,3,11-12,14-15H2,1-2H3,(H,33,35)/t18-,21+,23-,25-,26+,27-,28+/m1/s1. The van der Waals surface area contributed by atoms with Crippen LogP contribution in [-0.2, 0) is 14.3 Å². The van der Waals surface area contributed by atoms with E-state index in [0.717, 1.165) is 42.5 Å². The van der Waals surface area contributed by atoms with Gasteiger partial charge < -0.3 is 14.8 Å². The van der Waals surface area contributed by atoms with Crippen molar-refractivity contribution in [1.82, 2.24) is 10.3 Å². The second-order valence-corrected chi connectivity index (χ2v) is 10.4. The number of nitrogens with zero attached hydrogens (tertiary/aromatic N) is 2. The van der Waals surface area contributed by atoms with E-state index in [1.807, 2.05) is 43.3 Å². The average molecular weight is 500 g/mol. The molecular weight excluding hydrogens is 466 g/mol. The SMILES string of the molecule is CCOC(=O)N[C@@H]1CC[C@@H]2[C@@H](C1)C[C@H]1C(=O)O[C@H](C)[C@H]1[C@H]2C=Cc1ccc(-c2ccccc2C#N)cn1. The number of carbonyl (C=O) groups is 2. The van der Waals surface area contributed by atoms with Crippen molar-refractivity contribution in [3.05, 3.63) is 59.9 Å². The Morgan fingerprint density at radius 1 is 1.24 bits per heavy atom. The molecular formula is C30H33N3O4. The monoisotopic (exact) mass is 499 g/mol. The van der Waals surface area contributed by atoms with E-state index in [1.165, 1.54) is 0 Å². The van der Waals surface area contributed by atoms with Crippen LogP contribution in [0.3, 0.4) is 0 Å². The van der Waals surface area contributed by atoms with Gasteiger partial charge in [-0.3, -0.25) is 9.78 Å². The molecule has 1 N–H and O–H groups in total. The summed E-state index contributed by atoms with van der Waals surface area (Å²) in [6.45, 7) is 4.16. The molecule has 1 aliphatic heterocycles. The third-order valence-electron chi connectivity index (χ3n) is 8.38. The number of aromatic nitrogens is 1. The van der Waals surface area contributed by atoms with E-state index in [0.29, 0.717) is 24.0 Å². The molecule has 1 aromatic carbocycles. The fourth-order valence-corrected chi connectivity index (χ4v) is 6.79. The van der Waals surface area contributed by atoms with Crippen LogP contribution in [0.4, 0.5) is 4.79 Å². The van der Waals surface area contributed by atoms with Crippen LogP contribution in [0.1, 0.15) is 50.8 Å². The number of nitriles is 1. The summed E-state index contributed by atoms with van der Waals surface area (Å²) in [5.74, 6) is 0.929. The van der Waals surface area contributed by atoms with Gasteiger partial charge in [0.05, 0.1) is 29.9 Å². The molecule has 1 aromatic heterocycles. The van der Waals surface area contributed by atoms with Crippen LogP contribution in [-0.4, -0.2) is 35.8 Å². The summed E-state index contributed by atoms with van der Waals surface area (Å²) in [6.07, 6.45) is 9.17. The maximum absolute atomic E-state index is 12.7. The number of hydrogen-bond acceptors (Lipinski definition) is 6. The molecule has 0 spiro atoms. The van der Waals surface area contributed by atoms with Crippen molar-refractivity contribution in [2.24, 2.45) is 29.6 Å². The molecule has 7 heteroatoms. The van der Waals surface area contributed by atoms with E-state index in [4.69, 9.17) is 9.47 Å². The molecule has 5 rings (SSSR count). The Labute approximate surface area is 217 Å². The second-order valence-electron chi connectivity index (χ2n) is 10.4. The summed E-state index contributed by atoms with van der Waals surface area (Å²) >= 11 is 0. The number of benzene rings is 1. The number of carbonyl (C=O) groups excluding carboxylic acids is 2. The van der Waals surface area contributed by atoms with Gasteiger partial charge in [0, 0.05) is 29.3 Å². The minimum absolute atomic E-state index is 0.0711. The summed E-state index contributed by atoms with van der Waals surface area (Å²) in [7, 11) is 0. The summed E-state index contributed by atoms with van der Waals surface area (Å²) in [5, 5.41) is 12.4. The molecule has 1 amide bonds. The molecule has 3 fully saturated rings. The van der Waals surface area contributed by atoms with Crippen molar-refractivity contribution >= 4 is 18.1 Å². The van der Waals surface area contributed by atoms with Gasteiger partial charge in [0.2, 0.25) is 0 Å². The smallest absolute Gasteiger partial charge is 0.407 e. The van der Waals surface area contributed by atoms with Crippen molar-refractivity contribution in [1.29, 1.82) is 5.26 Å². The summed E-state index contributed by atoms with van der Waals surface area (Å²) in [5.41, 5.74) is 3.24. The van der Waals surface area contributed by atoms with E-state index in [2.05, 4.69) is 28.5 Å². The molecule has 2 aromatic rings. The predicted octanol–water partition coefficient (Wildman–Crippen LogP) is 5.36. The zero-order chi connectivity index (χ0) is 25.9. The van der Waals surface area contributed by atoms with Crippen molar-refractivity contribution < 1.29 is 19.1 Å². The van der Waals surface area contributed by atoms with Gasteiger partial charge >= 0.3 is 12.1 Å². The molecule has 0 radical (unpaired) electrons. The fourth-order valence-electron chi connectivity index (χ4n) is 6.79. The fraction of sp³-hybridized carbons (Fsp3) is 0.467. The molecule has 0 unspecified atom stereocenters. The molecule has 1 saturated heterocycles. The van der Waals surface area contributed by atoms with Gasteiger partial charge in [0.1, 0.15) is 6.10 Å². The van der Waals surface area contributed by atoms with Crippen LogP contribution >= 0.6 is 0 Å². The molecule has 2 heterocycles. The van der Waals surface area contributed by atoms with Crippen molar-refractivity contribution in [3.63, 3.8) is 0 Å². The Kier molecular flexibility index (Phi) is 7.27. The lowest BCUT2D eigenvalue weighted by atomic mass is 9.57. The predicted molar refractivity (Wildman–Crippen MR) is 139 cm³/mol. The van der Waals surface area contributed by atoms with Crippen LogP contribution in [0.15, 0.2) is 48.7 Å². The van der Waals surface area contributed by atoms with E-state index in [1.54, 1.807) is 13.1 Å². The lowest BCUT2D eigenvalue weighted by molar-refractivity contribution is -0.144. The Balaban J connectivity index is 1.35. The molecule has 192 valence electrons. The third-order valence-corrected chi connectivity index (χ3v) is 8.38. The normalized spacial score (nSPS) is 30.6. The Bertz CT molecular complexity index is 1220. The number of rotatable bonds is 5. The zero-order valence-corrected chi connectivity index (χ0v) is 21.3. The number of cyclic esters (lactones) is 1. The van der Waals surface area contributed by atoms with Crippen LogP contribution in [0.5, 0.6) is 0 Å². The van der Waals surface area contributed by atoms with Crippen LogP contribution in [0.2, 0.25) is 0 Å². The van der Waals surface area contributed by atoms with E-state index in [-0.39, 0.29) is 42.0 Å². The zero-order valence-electron chi connectivity index (χ0n) is 21.3. The van der Waals surface area contributed by atoms with Gasteiger partial charge in [-0.15, -0.1) is 0 Å². The first kappa shape index (κ1) is 25.0. The largest absolute Gasteiger partial charge is 0.462 e. The van der Waals surface area contributed by atoms with Gasteiger partial charge in [0.25, 0.3) is 0 Å². The highest BCUT2D eigenvalue weighted by atomic mass is 16.6. The highest BCUT2D eigenvalue weighted by Gasteiger charge is 2.54. The van der Waals surface area contributed by atoms with Crippen molar-refractivity contribution in [3.8, 4) is 17.2 Å². The van der Waals surface area contributed by atoms with Gasteiger partial charge in [-0.1, -0.05) is 30.3 Å². The van der Waals surface area contributed by atoms with Crippen molar-refractivity contribution in [2.45, 2.75) is 51.7 Å². The maximum Gasteiger partial charge on any atom is 0.407 e. The van der Waals surface area contributed by atoms with E-state index >= 15 is 0 Å². The molecule has 7 atom stereocenters. The van der Waals surface area contributed by atoms with E-state index < -0.39 is 0 Å². The number of fused-ring (bicyclic) bond motifs is 2. The highest BCUT2D eigenvalue weighted by Crippen LogP contribution is 2.53. The lowest BCUT2D eigenvalue weighted by Crippen LogP contribution is -2.48. The number of hydrogen-bond donors (Lipinski definition) is 1. The molecule has 2 aliphatic carbocycles. The number of allylic oxidation sites excluding steroid dienone is 1. The molecule has 7 nitrogen and oxygen atoms in total. The third kappa shape index (κ3) is 5.11. The molecule has 0 bridgehead atoms. The quantitative estimate of drug-likeness (QED) is 0.556. The van der Waals surface area contributed by atoms with Gasteiger partial charge in [-0.25, -0.2) is 4.79 Å². The molecule has 2 saturated carbocycles. The number of esters is 1. The van der Waals surface area contributed by atoms with Gasteiger partial charge in [-0.2, -0.15) is 5.26 Å². The van der Waals surface area contributed by atoms with Gasteiger partial charge in [-0.05, 0) is 75.5 Å². The first-order chi connectivity index (χ1) is 18.0. The first-order valence-electron chi connectivity index (χ1n) is 13.3. The average Bonchev–Trinajstić information content (AvgIpc) is 3.19. The number of ether oxygens (including phenoxy) is 2. The Hall–Kier alpha value is -3.66. The molecule has 3 aliphatic rings. The summed E-state index contributed by atoms with van der Waals surface area (Å²) < 4.78 is 10.8. The van der Waals surface area contributed by atoms with Crippen LogP contribution < -0.4 is 5.32 Å². The minimum atomic E-state index is -0.364. The minimum Gasteiger partial charge on any atom is -0.462 e. The Morgan fingerprint density at radius 2 is 2.08 bits per heavy atom. The van der Waals surface area contributed by atoms with Crippen LogP contribution in [0, 0.1) is 40.9 Å². The number of nitrogens with one attached hydrogen (secondary N) is 1. The van der Waals surface area contributed by atoms with Gasteiger partial charge in [0.15, 0.2) is 0 Å². The Morgan fingerprint density at radius 3 is 2.84 bits per heavy atom. The topological polar surface area (TPSA) is 101 Å². The summed E-state index contributed by atoms with van der Waals surface area (Å²) in [4.78, 5) is 29.3. The van der Waals surface area contributed by atoms with E-state index in [9.17, 15) is 14.9 Å². The first-order valence-corrected chi connectivity index (χ1v) is 13.3. The number of amides is 1. The number of pyridine rings is 1. The van der Waals surface area contributed by atoms with Crippen molar-refractivity contribution in [2.75, 3.05) is 6.61 Å². The second kappa shape index (κ2) is 10.8. The number of alkyl carbamates (subject to hydrolysis) is 1. The summed E-state index contributed by atoms with van der Waals surface area (Å²) in [6, 6.07) is 13.8. The maximum atomic E-state index is 12.7. The lowest BCUT2D eigenvalue weighted by Gasteiger charge is -2.47.